The molecule has 1 aliphatic heterocycles. The Hall–Kier alpha value is -1.37. The molecule has 0 amide bonds. The average molecular weight is 346 g/mol. The van der Waals surface area contributed by atoms with Crippen molar-refractivity contribution in [1.29, 1.82) is 0 Å². The molecule has 0 aliphatic carbocycles. The first-order valence-electron chi connectivity index (χ1n) is 8.02. The number of hydrogen-bond acceptors (Lipinski definition) is 6. The topological polar surface area (TPSA) is 86.7 Å². The van der Waals surface area contributed by atoms with E-state index in [1.807, 2.05) is 6.92 Å². The molecule has 1 atom stereocenters. The minimum atomic E-state index is -3.05. The van der Waals surface area contributed by atoms with E-state index in [0.717, 1.165) is 25.7 Å². The Kier molecular flexibility index (Phi) is 7.75. The average Bonchev–Trinajstić information content (AvgIpc) is 2.41. The van der Waals surface area contributed by atoms with Crippen LogP contribution in [0.4, 0.5) is 0 Å². The third-order valence-electron chi connectivity index (χ3n) is 3.60. The van der Waals surface area contributed by atoms with E-state index in [1.54, 1.807) is 0 Å². The first kappa shape index (κ1) is 19.7. The highest BCUT2D eigenvalue weighted by atomic mass is 32.2. The lowest BCUT2D eigenvalue weighted by Gasteiger charge is -2.25. The van der Waals surface area contributed by atoms with Gasteiger partial charge in [-0.2, -0.15) is 0 Å². The number of carbonyl (C=O) groups is 2. The number of carbonyl (C=O) groups excluding carboxylic acids is 2. The first-order valence-corrected chi connectivity index (χ1v) is 9.84. The quantitative estimate of drug-likeness (QED) is 0.342. The van der Waals surface area contributed by atoms with Crippen molar-refractivity contribution in [2.24, 2.45) is 0 Å². The van der Waals surface area contributed by atoms with Crippen LogP contribution in [0.2, 0.25) is 0 Å². The maximum absolute atomic E-state index is 11.7. The van der Waals surface area contributed by atoms with Crippen molar-refractivity contribution in [1.82, 2.24) is 0 Å². The molecule has 0 N–H and O–H groups in total. The molecule has 6 nitrogen and oxygen atoms in total. The molecule has 23 heavy (non-hydrogen) atoms. The maximum atomic E-state index is 11.7. The van der Waals surface area contributed by atoms with Crippen LogP contribution in [-0.4, -0.2) is 44.1 Å². The van der Waals surface area contributed by atoms with Gasteiger partial charge in [0.25, 0.3) is 0 Å². The van der Waals surface area contributed by atoms with Gasteiger partial charge in [-0.05, 0) is 19.8 Å². The highest BCUT2D eigenvalue weighted by Gasteiger charge is 2.36. The van der Waals surface area contributed by atoms with E-state index in [2.05, 4.69) is 13.5 Å². The van der Waals surface area contributed by atoms with Crippen LogP contribution in [0.1, 0.15) is 52.4 Å². The highest BCUT2D eigenvalue weighted by molar-refractivity contribution is 7.92. The zero-order chi connectivity index (χ0) is 17.5. The van der Waals surface area contributed by atoms with Gasteiger partial charge in [0.2, 0.25) is 0 Å². The van der Waals surface area contributed by atoms with Crippen molar-refractivity contribution in [3.63, 3.8) is 0 Å². The Morgan fingerprint density at radius 2 is 1.87 bits per heavy atom. The molecule has 0 aromatic carbocycles. The van der Waals surface area contributed by atoms with Crippen molar-refractivity contribution >= 4 is 21.8 Å². The summed E-state index contributed by atoms with van der Waals surface area (Å²) in [6, 6.07) is 0. The molecule has 1 fully saturated rings. The Bertz CT molecular complexity index is 525. The highest BCUT2D eigenvalue weighted by Crippen LogP contribution is 2.17. The molecular weight excluding hydrogens is 320 g/mol. The summed E-state index contributed by atoms with van der Waals surface area (Å²) < 4.78 is 32.2. The van der Waals surface area contributed by atoms with Gasteiger partial charge in [0, 0.05) is 5.57 Å². The lowest BCUT2D eigenvalue weighted by atomic mass is 10.1. The van der Waals surface area contributed by atoms with Crippen LogP contribution < -0.4 is 0 Å². The van der Waals surface area contributed by atoms with Gasteiger partial charge in [0.1, 0.15) is 6.10 Å². The summed E-state index contributed by atoms with van der Waals surface area (Å²) in [6.45, 7) is 7.47. The van der Waals surface area contributed by atoms with Crippen molar-refractivity contribution in [3.8, 4) is 0 Å². The van der Waals surface area contributed by atoms with Crippen molar-refractivity contribution < 1.29 is 27.5 Å². The van der Waals surface area contributed by atoms with E-state index in [1.165, 1.54) is 6.42 Å². The number of hydrogen-bond donors (Lipinski definition) is 0. The second kappa shape index (κ2) is 9.05. The smallest absolute Gasteiger partial charge is 0.334 e. The summed E-state index contributed by atoms with van der Waals surface area (Å²) in [6.07, 6.45) is 4.17. The summed E-state index contributed by atoms with van der Waals surface area (Å²) in [4.78, 5) is 23.4. The lowest BCUT2D eigenvalue weighted by molar-refractivity contribution is -0.151. The Balaban J connectivity index is 2.22. The monoisotopic (exact) mass is 346 g/mol. The van der Waals surface area contributed by atoms with Gasteiger partial charge >= 0.3 is 11.9 Å². The number of rotatable bonds is 10. The van der Waals surface area contributed by atoms with Crippen LogP contribution in [0.15, 0.2) is 12.2 Å². The van der Waals surface area contributed by atoms with Gasteiger partial charge in [-0.15, -0.1) is 0 Å². The van der Waals surface area contributed by atoms with Gasteiger partial charge in [-0.1, -0.05) is 32.8 Å². The lowest BCUT2D eigenvalue weighted by Crippen LogP contribution is -2.44. The largest absolute Gasteiger partial charge is 0.462 e. The Morgan fingerprint density at radius 1 is 1.22 bits per heavy atom. The van der Waals surface area contributed by atoms with E-state index in [0.29, 0.717) is 0 Å². The summed E-state index contributed by atoms with van der Waals surface area (Å²) in [5.74, 6) is -1.58. The van der Waals surface area contributed by atoms with E-state index in [9.17, 15) is 18.0 Å². The van der Waals surface area contributed by atoms with Crippen molar-refractivity contribution in [3.05, 3.63) is 12.2 Å². The van der Waals surface area contributed by atoms with Gasteiger partial charge in [-0.3, -0.25) is 4.79 Å². The second-order valence-corrected chi connectivity index (χ2v) is 8.19. The summed E-state index contributed by atoms with van der Waals surface area (Å²) in [5.41, 5.74) is -0.0162. The fourth-order valence-corrected chi connectivity index (χ4v) is 3.42. The van der Waals surface area contributed by atoms with E-state index < -0.39 is 27.9 Å². The SMILES string of the molecule is C=C(CC(=O)O[C@@H](C)CCCCCC)C(=O)OC1CS(=O)(=O)C1. The van der Waals surface area contributed by atoms with Crippen LogP contribution in [0, 0.1) is 0 Å². The Labute approximate surface area is 138 Å². The molecule has 0 saturated carbocycles. The van der Waals surface area contributed by atoms with Crippen LogP contribution in [0.5, 0.6) is 0 Å². The van der Waals surface area contributed by atoms with Crippen molar-refractivity contribution in [2.45, 2.75) is 64.6 Å². The normalized spacial score (nSPS) is 17.8. The van der Waals surface area contributed by atoms with Crippen LogP contribution in [-0.2, 0) is 28.9 Å². The van der Waals surface area contributed by atoms with Crippen LogP contribution >= 0.6 is 0 Å². The second-order valence-electron chi connectivity index (χ2n) is 6.03. The molecule has 0 spiro atoms. The van der Waals surface area contributed by atoms with E-state index in [4.69, 9.17) is 9.47 Å². The molecule has 0 aromatic rings. The molecule has 132 valence electrons. The number of unbranched alkanes of at least 4 members (excludes halogenated alkanes) is 3. The third-order valence-corrected chi connectivity index (χ3v) is 5.36. The van der Waals surface area contributed by atoms with Gasteiger partial charge in [-0.25, -0.2) is 13.2 Å². The van der Waals surface area contributed by atoms with Gasteiger partial charge in [0.15, 0.2) is 9.84 Å². The minimum absolute atomic E-state index is 0.0162. The van der Waals surface area contributed by atoms with Gasteiger partial charge < -0.3 is 9.47 Å². The molecule has 0 bridgehead atoms. The maximum Gasteiger partial charge on any atom is 0.334 e. The zero-order valence-electron chi connectivity index (χ0n) is 13.9. The zero-order valence-corrected chi connectivity index (χ0v) is 14.7. The third kappa shape index (κ3) is 7.63. The fraction of sp³-hybridized carbons (Fsp3) is 0.750. The minimum Gasteiger partial charge on any atom is -0.462 e. The van der Waals surface area contributed by atoms with Crippen LogP contribution in [0.25, 0.3) is 0 Å². The first-order chi connectivity index (χ1) is 10.7. The number of ether oxygens (including phenoxy) is 2. The molecule has 0 aromatic heterocycles. The van der Waals surface area contributed by atoms with Gasteiger partial charge in [0.05, 0.1) is 24.0 Å². The molecule has 0 unspecified atom stereocenters. The molecule has 1 aliphatic rings. The summed E-state index contributed by atoms with van der Waals surface area (Å²) >= 11 is 0. The van der Waals surface area contributed by atoms with E-state index >= 15 is 0 Å². The summed E-state index contributed by atoms with van der Waals surface area (Å²) in [7, 11) is -3.05. The van der Waals surface area contributed by atoms with Crippen LogP contribution in [0.3, 0.4) is 0 Å². The predicted octanol–water partition coefficient (Wildman–Crippen LogP) is 2.17. The fourth-order valence-electron chi connectivity index (χ4n) is 2.25. The van der Waals surface area contributed by atoms with Crippen molar-refractivity contribution in [2.75, 3.05) is 11.5 Å². The molecule has 1 rings (SSSR count). The Morgan fingerprint density at radius 3 is 2.43 bits per heavy atom. The molecular formula is C16H26O6S. The number of esters is 2. The molecule has 0 radical (unpaired) electrons. The van der Waals surface area contributed by atoms with E-state index in [-0.39, 0.29) is 29.6 Å². The predicted molar refractivity (Wildman–Crippen MR) is 86.6 cm³/mol. The molecule has 1 saturated heterocycles. The molecule has 7 heteroatoms. The standard InChI is InChI=1S/C16H26O6S/c1-4-5-6-7-8-13(3)21-15(17)9-12(2)16(18)22-14-10-23(19,20)11-14/h13-14H,2,4-11H2,1,3H3/t13-/m0/s1. The molecule has 1 heterocycles. The summed E-state index contributed by atoms with van der Waals surface area (Å²) in [5, 5.41) is 0. The number of sulfone groups is 1.